The highest BCUT2D eigenvalue weighted by Crippen LogP contribution is 2.24. The zero-order valence-electron chi connectivity index (χ0n) is 10.5. The quantitative estimate of drug-likeness (QED) is 0.899. The average Bonchev–Trinajstić information content (AvgIpc) is 2.27. The molecule has 1 amide bonds. The van der Waals surface area contributed by atoms with Crippen molar-refractivity contribution in [2.75, 3.05) is 13.7 Å². The molecule has 0 bridgehead atoms. The van der Waals surface area contributed by atoms with Gasteiger partial charge in [0.1, 0.15) is 5.75 Å². The van der Waals surface area contributed by atoms with Gasteiger partial charge in [0, 0.05) is 14.0 Å². The first kappa shape index (κ1) is 15.3. The Hall–Kier alpha value is -1.76. The van der Waals surface area contributed by atoms with Crippen molar-refractivity contribution in [1.82, 2.24) is 5.32 Å². The van der Waals surface area contributed by atoms with Gasteiger partial charge in [0.25, 0.3) is 0 Å². The molecule has 0 aromatic heterocycles. The number of nitrogens with one attached hydrogen (secondary N) is 1. The second kappa shape index (κ2) is 6.42. The minimum absolute atomic E-state index is 0.221. The zero-order chi connectivity index (χ0) is 14.5. The molecule has 0 heterocycles. The van der Waals surface area contributed by atoms with Gasteiger partial charge >= 0.3 is 6.36 Å². The predicted molar refractivity (Wildman–Crippen MR) is 61.6 cm³/mol. The zero-order valence-corrected chi connectivity index (χ0v) is 10.5. The molecule has 1 atom stereocenters. The van der Waals surface area contributed by atoms with Crippen LogP contribution in [0.4, 0.5) is 13.2 Å². The van der Waals surface area contributed by atoms with E-state index in [0.717, 1.165) is 0 Å². The van der Waals surface area contributed by atoms with Gasteiger partial charge in [-0.1, -0.05) is 12.1 Å². The van der Waals surface area contributed by atoms with Crippen molar-refractivity contribution >= 4 is 5.91 Å². The van der Waals surface area contributed by atoms with Crippen molar-refractivity contribution in [3.63, 3.8) is 0 Å². The van der Waals surface area contributed by atoms with Gasteiger partial charge in [0.2, 0.25) is 5.91 Å². The summed E-state index contributed by atoms with van der Waals surface area (Å²) < 4.78 is 44.7. The van der Waals surface area contributed by atoms with E-state index in [1.165, 1.54) is 38.3 Å². The summed E-state index contributed by atoms with van der Waals surface area (Å²) in [5.74, 6) is -0.562. The summed E-state index contributed by atoms with van der Waals surface area (Å²) in [5.41, 5.74) is 0.631. The van der Waals surface area contributed by atoms with E-state index in [1.54, 1.807) is 0 Å². The second-order valence-electron chi connectivity index (χ2n) is 3.83. The number of hydrogen-bond acceptors (Lipinski definition) is 3. The number of amides is 1. The lowest BCUT2D eigenvalue weighted by molar-refractivity contribution is -0.274. The molecular weight excluding hydrogens is 263 g/mol. The lowest BCUT2D eigenvalue weighted by Crippen LogP contribution is -2.29. The van der Waals surface area contributed by atoms with Gasteiger partial charge < -0.3 is 14.8 Å². The molecule has 1 aromatic rings. The Morgan fingerprint density at radius 2 is 1.89 bits per heavy atom. The van der Waals surface area contributed by atoms with E-state index >= 15 is 0 Å². The van der Waals surface area contributed by atoms with Crippen molar-refractivity contribution in [3.8, 4) is 5.75 Å². The molecule has 4 nitrogen and oxygen atoms in total. The Bertz CT molecular complexity index is 417. The molecule has 7 heteroatoms. The van der Waals surface area contributed by atoms with E-state index in [9.17, 15) is 18.0 Å². The molecule has 0 aliphatic carbocycles. The number of methoxy groups -OCH3 is 1. The highest BCUT2D eigenvalue weighted by molar-refractivity contribution is 5.73. The Kier molecular flexibility index (Phi) is 5.17. The van der Waals surface area contributed by atoms with Crippen LogP contribution in [-0.4, -0.2) is 26.0 Å². The molecule has 19 heavy (non-hydrogen) atoms. The van der Waals surface area contributed by atoms with Gasteiger partial charge in [0.05, 0.1) is 12.6 Å². The minimum Gasteiger partial charge on any atom is -0.406 e. The smallest absolute Gasteiger partial charge is 0.406 e. The lowest BCUT2D eigenvalue weighted by Gasteiger charge is -2.18. The van der Waals surface area contributed by atoms with E-state index < -0.39 is 12.4 Å². The van der Waals surface area contributed by atoms with Crippen molar-refractivity contribution in [1.29, 1.82) is 0 Å². The van der Waals surface area contributed by atoms with E-state index in [-0.39, 0.29) is 18.3 Å². The maximum absolute atomic E-state index is 12.0. The maximum Gasteiger partial charge on any atom is 0.573 e. The normalized spacial score (nSPS) is 12.9. The van der Waals surface area contributed by atoms with Crippen molar-refractivity contribution < 1.29 is 27.4 Å². The third-order valence-electron chi connectivity index (χ3n) is 2.23. The van der Waals surface area contributed by atoms with Gasteiger partial charge in [-0.15, -0.1) is 13.2 Å². The fraction of sp³-hybridized carbons (Fsp3) is 0.417. The molecule has 1 N–H and O–H groups in total. The number of halogens is 3. The molecule has 0 aliphatic rings. The number of ether oxygens (including phenoxy) is 2. The van der Waals surface area contributed by atoms with Gasteiger partial charge in [-0.25, -0.2) is 0 Å². The van der Waals surface area contributed by atoms with Crippen molar-refractivity contribution in [2.45, 2.75) is 19.3 Å². The third kappa shape index (κ3) is 5.60. The summed E-state index contributed by atoms with van der Waals surface area (Å²) in [4.78, 5) is 11.0. The van der Waals surface area contributed by atoms with Gasteiger partial charge in [-0.2, -0.15) is 0 Å². The van der Waals surface area contributed by atoms with Crippen molar-refractivity contribution in [3.05, 3.63) is 29.8 Å². The molecule has 106 valence electrons. The molecular formula is C12H14F3NO3. The lowest BCUT2D eigenvalue weighted by atomic mass is 10.1. The number of carbonyl (C=O) groups excluding carboxylic acids is 1. The van der Waals surface area contributed by atoms with Gasteiger partial charge in [-0.3, -0.25) is 4.79 Å². The molecule has 1 unspecified atom stereocenters. The predicted octanol–water partition coefficient (Wildman–Crippen LogP) is 2.41. The van der Waals surface area contributed by atoms with Crippen LogP contribution in [0.1, 0.15) is 18.5 Å². The Morgan fingerprint density at radius 3 is 2.32 bits per heavy atom. The summed E-state index contributed by atoms with van der Waals surface area (Å²) in [7, 11) is 1.47. The standard InChI is InChI=1S/C12H14F3NO3/c1-8(17)16-11(7-18-2)9-3-5-10(6-4-9)19-12(13,14)15/h3-6,11H,7H2,1-2H3,(H,16,17). The number of rotatable bonds is 5. The highest BCUT2D eigenvalue weighted by atomic mass is 19.4. The molecule has 0 fully saturated rings. The fourth-order valence-corrected chi connectivity index (χ4v) is 1.54. The third-order valence-corrected chi connectivity index (χ3v) is 2.23. The largest absolute Gasteiger partial charge is 0.573 e. The van der Waals surface area contributed by atoms with Gasteiger partial charge in [0.15, 0.2) is 0 Å². The number of benzene rings is 1. The molecule has 1 rings (SSSR count). The van der Waals surface area contributed by atoms with Crippen LogP contribution in [0.3, 0.4) is 0 Å². The van der Waals surface area contributed by atoms with Crippen LogP contribution < -0.4 is 10.1 Å². The van der Waals surface area contributed by atoms with Crippen LogP contribution in [0, 0.1) is 0 Å². The van der Waals surface area contributed by atoms with E-state index in [4.69, 9.17) is 4.74 Å². The average molecular weight is 277 g/mol. The van der Waals surface area contributed by atoms with Crippen molar-refractivity contribution in [2.24, 2.45) is 0 Å². The first-order chi connectivity index (χ1) is 8.81. The van der Waals surface area contributed by atoms with Crippen LogP contribution >= 0.6 is 0 Å². The highest BCUT2D eigenvalue weighted by Gasteiger charge is 2.31. The van der Waals surface area contributed by atoms with E-state index in [2.05, 4.69) is 10.1 Å². The topological polar surface area (TPSA) is 47.6 Å². The Morgan fingerprint density at radius 1 is 1.32 bits per heavy atom. The number of alkyl halides is 3. The SMILES string of the molecule is COCC(NC(C)=O)c1ccc(OC(F)(F)F)cc1. The molecule has 0 spiro atoms. The van der Waals surface area contributed by atoms with Crippen LogP contribution in [0.15, 0.2) is 24.3 Å². The molecule has 0 radical (unpaired) electrons. The second-order valence-corrected chi connectivity index (χ2v) is 3.83. The van der Waals surface area contributed by atoms with Crippen LogP contribution in [0.2, 0.25) is 0 Å². The van der Waals surface area contributed by atoms with E-state index in [0.29, 0.717) is 5.56 Å². The number of carbonyl (C=O) groups is 1. The summed E-state index contributed by atoms with van der Waals surface area (Å²) in [6, 6.07) is 4.85. The maximum atomic E-state index is 12.0. The minimum atomic E-state index is -4.72. The molecule has 0 saturated carbocycles. The molecule has 0 aliphatic heterocycles. The number of hydrogen-bond donors (Lipinski definition) is 1. The van der Waals surface area contributed by atoms with Crippen LogP contribution in [0.25, 0.3) is 0 Å². The Balaban J connectivity index is 2.79. The molecule has 1 aromatic carbocycles. The first-order valence-corrected chi connectivity index (χ1v) is 5.43. The summed E-state index contributed by atoms with van der Waals surface area (Å²) in [5, 5.41) is 2.64. The fourth-order valence-electron chi connectivity index (χ4n) is 1.54. The molecule has 0 saturated heterocycles. The van der Waals surface area contributed by atoms with Crippen LogP contribution in [0.5, 0.6) is 5.75 Å². The van der Waals surface area contributed by atoms with Crippen LogP contribution in [-0.2, 0) is 9.53 Å². The van der Waals surface area contributed by atoms with E-state index in [1.807, 2.05) is 0 Å². The summed E-state index contributed by atoms with van der Waals surface area (Å²) >= 11 is 0. The Labute approximate surface area is 108 Å². The summed E-state index contributed by atoms with van der Waals surface area (Å²) in [6.45, 7) is 1.57. The first-order valence-electron chi connectivity index (χ1n) is 5.43. The monoisotopic (exact) mass is 277 g/mol. The van der Waals surface area contributed by atoms with Gasteiger partial charge in [-0.05, 0) is 17.7 Å². The summed E-state index contributed by atoms with van der Waals surface area (Å²) in [6.07, 6.45) is -4.72.